The van der Waals surface area contributed by atoms with Crippen LogP contribution in [-0.2, 0) is 4.74 Å². The molecule has 17 heavy (non-hydrogen) atoms. The Morgan fingerprint density at radius 3 is 2.12 bits per heavy atom. The Morgan fingerprint density at radius 2 is 1.71 bits per heavy atom. The van der Waals surface area contributed by atoms with E-state index in [1.54, 1.807) is 6.92 Å². The van der Waals surface area contributed by atoms with Crippen LogP contribution in [0.4, 0.5) is 0 Å². The number of carbonyl (C=O) groups excluding carboxylic acids is 1. The Labute approximate surface area is 113 Å². The van der Waals surface area contributed by atoms with Crippen LogP contribution in [0.25, 0.3) is 0 Å². The molecule has 5 nitrogen and oxygen atoms in total. The quantitative estimate of drug-likeness (QED) is 0.667. The number of hydrogen-bond acceptors (Lipinski definition) is 5. The molecular formula is C11H13IO5. The Hall–Kier alpha value is -1.18. The summed E-state index contributed by atoms with van der Waals surface area (Å²) >= 11 is 1.93. The molecule has 0 fully saturated rings. The zero-order chi connectivity index (χ0) is 13.2. The number of carbonyl (C=O) groups is 1. The lowest BCUT2D eigenvalue weighted by molar-refractivity contribution is 0.0595. The molecule has 94 valence electrons. The first-order chi connectivity index (χ1) is 7.99. The van der Waals surface area contributed by atoms with Gasteiger partial charge in [0.1, 0.15) is 5.56 Å². The van der Waals surface area contributed by atoms with E-state index in [4.69, 9.17) is 14.2 Å². The van der Waals surface area contributed by atoms with E-state index in [2.05, 4.69) is 0 Å². The zero-order valence-electron chi connectivity index (χ0n) is 9.96. The summed E-state index contributed by atoms with van der Waals surface area (Å²) in [5.74, 6) is -0.275. The van der Waals surface area contributed by atoms with Crippen molar-refractivity contribution < 1.29 is 24.1 Å². The largest absolute Gasteiger partial charge is 0.503 e. The van der Waals surface area contributed by atoms with E-state index in [9.17, 15) is 9.90 Å². The predicted molar refractivity (Wildman–Crippen MR) is 70.0 cm³/mol. The lowest BCUT2D eigenvalue weighted by Crippen LogP contribution is -2.09. The van der Waals surface area contributed by atoms with Gasteiger partial charge in [0.25, 0.3) is 0 Å². The van der Waals surface area contributed by atoms with Gasteiger partial charge in [-0.15, -0.1) is 0 Å². The predicted octanol–water partition coefficient (Wildman–Crippen LogP) is 2.11. The average Bonchev–Trinajstić information content (AvgIpc) is 2.34. The lowest BCUT2D eigenvalue weighted by atomic mass is 10.1. The van der Waals surface area contributed by atoms with Crippen molar-refractivity contribution in [3.05, 3.63) is 14.7 Å². The van der Waals surface area contributed by atoms with Gasteiger partial charge >= 0.3 is 5.97 Å². The van der Waals surface area contributed by atoms with Crippen molar-refractivity contribution >= 4 is 28.6 Å². The smallest absolute Gasteiger partial charge is 0.342 e. The zero-order valence-corrected chi connectivity index (χ0v) is 12.1. The van der Waals surface area contributed by atoms with E-state index in [0.717, 1.165) is 0 Å². The standard InChI is InChI=1S/C11H13IO5/c1-5-6(11(14)17-4)9(15-2)10(16-3)8(13)7(5)12/h13H,1-4H3. The summed E-state index contributed by atoms with van der Waals surface area (Å²) in [7, 11) is 4.08. The number of phenolic OH excluding ortho intramolecular Hbond substituents is 1. The fraction of sp³-hybridized carbons (Fsp3) is 0.364. The molecule has 0 atom stereocenters. The van der Waals surface area contributed by atoms with Crippen LogP contribution >= 0.6 is 22.6 Å². The first kappa shape index (κ1) is 13.9. The summed E-state index contributed by atoms with van der Waals surface area (Å²) < 4.78 is 15.4. The van der Waals surface area contributed by atoms with Gasteiger partial charge in [-0.05, 0) is 35.1 Å². The molecule has 0 amide bonds. The van der Waals surface area contributed by atoms with Gasteiger partial charge in [0, 0.05) is 0 Å². The van der Waals surface area contributed by atoms with Gasteiger partial charge < -0.3 is 19.3 Å². The number of ether oxygens (including phenoxy) is 3. The molecule has 6 heteroatoms. The number of esters is 1. The molecule has 0 saturated heterocycles. The van der Waals surface area contributed by atoms with Crippen LogP contribution in [0.3, 0.4) is 0 Å². The lowest BCUT2D eigenvalue weighted by Gasteiger charge is -2.16. The van der Waals surface area contributed by atoms with Gasteiger partial charge in [-0.2, -0.15) is 0 Å². The number of benzene rings is 1. The second kappa shape index (κ2) is 5.44. The second-order valence-corrected chi connectivity index (χ2v) is 4.30. The van der Waals surface area contributed by atoms with Crippen LogP contribution in [-0.4, -0.2) is 32.4 Å². The third kappa shape index (κ3) is 2.26. The number of halogens is 1. The summed E-state index contributed by atoms with van der Waals surface area (Å²) in [6, 6.07) is 0. The maximum atomic E-state index is 11.7. The molecule has 0 saturated carbocycles. The highest BCUT2D eigenvalue weighted by molar-refractivity contribution is 14.1. The summed E-state index contributed by atoms with van der Waals surface area (Å²) in [6.45, 7) is 1.70. The minimum absolute atomic E-state index is 0.0462. The van der Waals surface area contributed by atoms with Crippen LogP contribution in [0.2, 0.25) is 0 Å². The molecule has 1 aromatic rings. The number of hydrogen-bond donors (Lipinski definition) is 1. The van der Waals surface area contributed by atoms with Crippen molar-refractivity contribution in [2.75, 3.05) is 21.3 Å². The highest BCUT2D eigenvalue weighted by atomic mass is 127. The van der Waals surface area contributed by atoms with E-state index in [-0.39, 0.29) is 22.8 Å². The third-order valence-corrected chi connectivity index (χ3v) is 3.68. The summed E-state index contributed by atoms with van der Waals surface area (Å²) in [6.07, 6.45) is 0. The van der Waals surface area contributed by atoms with Gasteiger partial charge in [0.2, 0.25) is 5.75 Å². The molecule has 1 aromatic carbocycles. The second-order valence-electron chi connectivity index (χ2n) is 3.22. The number of aromatic hydroxyl groups is 1. The Morgan fingerprint density at radius 1 is 1.18 bits per heavy atom. The van der Waals surface area contributed by atoms with E-state index in [1.165, 1.54) is 21.3 Å². The van der Waals surface area contributed by atoms with Crippen molar-refractivity contribution in [3.63, 3.8) is 0 Å². The monoisotopic (exact) mass is 352 g/mol. The maximum Gasteiger partial charge on any atom is 0.342 e. The highest BCUT2D eigenvalue weighted by Gasteiger charge is 2.26. The van der Waals surface area contributed by atoms with E-state index in [0.29, 0.717) is 9.13 Å². The van der Waals surface area contributed by atoms with Gasteiger partial charge in [0.05, 0.1) is 24.9 Å². The molecule has 1 N–H and O–H groups in total. The molecule has 1 rings (SSSR count). The average molecular weight is 352 g/mol. The molecule has 0 heterocycles. The van der Waals surface area contributed by atoms with Gasteiger partial charge in [-0.25, -0.2) is 4.79 Å². The summed E-state index contributed by atoms with van der Waals surface area (Å²) in [5.41, 5.74) is 0.849. The fourth-order valence-electron chi connectivity index (χ4n) is 1.51. The van der Waals surface area contributed by atoms with Gasteiger partial charge in [-0.3, -0.25) is 0 Å². The van der Waals surface area contributed by atoms with E-state index in [1.807, 2.05) is 22.6 Å². The van der Waals surface area contributed by atoms with Crippen LogP contribution in [0.15, 0.2) is 0 Å². The van der Waals surface area contributed by atoms with Gasteiger partial charge in [-0.1, -0.05) is 0 Å². The first-order valence-electron chi connectivity index (χ1n) is 4.70. The van der Waals surface area contributed by atoms with Crippen LogP contribution < -0.4 is 9.47 Å². The topological polar surface area (TPSA) is 65.0 Å². The summed E-state index contributed by atoms with van der Waals surface area (Å²) in [4.78, 5) is 11.7. The van der Waals surface area contributed by atoms with Crippen molar-refractivity contribution in [2.45, 2.75) is 6.92 Å². The minimum atomic E-state index is -0.532. The Bertz CT molecular complexity index is 456. The minimum Gasteiger partial charge on any atom is -0.503 e. The Kier molecular flexibility index (Phi) is 4.44. The SMILES string of the molecule is COC(=O)c1c(C)c(I)c(O)c(OC)c1OC. The molecule has 0 radical (unpaired) electrons. The molecule has 0 aromatic heterocycles. The fourth-order valence-corrected chi connectivity index (χ4v) is 2.03. The molecule has 0 spiro atoms. The van der Waals surface area contributed by atoms with Gasteiger partial charge in [0.15, 0.2) is 11.5 Å². The molecular weight excluding hydrogens is 339 g/mol. The number of methoxy groups -OCH3 is 3. The van der Waals surface area contributed by atoms with Crippen LogP contribution in [0.1, 0.15) is 15.9 Å². The third-order valence-electron chi connectivity index (χ3n) is 2.36. The van der Waals surface area contributed by atoms with Crippen molar-refractivity contribution in [2.24, 2.45) is 0 Å². The summed E-state index contributed by atoms with van der Waals surface area (Å²) in [5, 5.41) is 9.90. The molecule has 0 aliphatic rings. The van der Waals surface area contributed by atoms with Crippen molar-refractivity contribution in [1.29, 1.82) is 0 Å². The number of rotatable bonds is 3. The normalized spacial score (nSPS) is 9.94. The Balaban J connectivity index is 3.68. The van der Waals surface area contributed by atoms with Crippen molar-refractivity contribution in [3.8, 4) is 17.2 Å². The van der Waals surface area contributed by atoms with E-state index < -0.39 is 5.97 Å². The maximum absolute atomic E-state index is 11.7. The molecule has 0 aliphatic carbocycles. The molecule has 0 aliphatic heterocycles. The van der Waals surface area contributed by atoms with Crippen LogP contribution in [0, 0.1) is 10.5 Å². The molecule has 0 bridgehead atoms. The number of phenols is 1. The first-order valence-corrected chi connectivity index (χ1v) is 5.78. The highest BCUT2D eigenvalue weighted by Crippen LogP contribution is 2.45. The van der Waals surface area contributed by atoms with Crippen LogP contribution in [0.5, 0.6) is 17.2 Å². The van der Waals surface area contributed by atoms with E-state index >= 15 is 0 Å². The molecule has 0 unspecified atom stereocenters. The van der Waals surface area contributed by atoms with Crippen molar-refractivity contribution in [1.82, 2.24) is 0 Å².